The van der Waals surface area contributed by atoms with Gasteiger partial charge in [-0.3, -0.25) is 14.5 Å². The van der Waals surface area contributed by atoms with E-state index in [1.165, 1.54) is 51.0 Å². The van der Waals surface area contributed by atoms with Gasteiger partial charge in [0, 0.05) is 25.0 Å². The molecule has 56 heavy (non-hydrogen) atoms. The number of sulfonamides is 1. The van der Waals surface area contributed by atoms with Crippen molar-refractivity contribution in [2.45, 2.75) is 88.9 Å². The number of thiazole rings is 1. The highest BCUT2D eigenvalue weighted by Gasteiger charge is 2.44. The number of aryl methyl sites for hydroxylation is 1. The van der Waals surface area contributed by atoms with Crippen molar-refractivity contribution >= 4 is 51.4 Å². The standard InChI is InChI=1S/C39H51N7O8S2/c1-26(2)37(46-24-35(48)45(39(46)51)22-31-25-55-27(3)42-31)38(50)43-33(19-28-9-5-4-6-10-28)34(47)23-44(21-30-11-7-8-12-30)56(52,53)32-15-13-29(14-16-32)20-41-54-36(49)17-18-40/h4-6,9-10,13-16,20,25-26,30,33-34,37,47H,7-8,11-12,17-19,21-24,40H2,1-3H3,(H,43,50)/b41-20+/t33-,34+,37?/m0/s1. The predicted octanol–water partition coefficient (Wildman–Crippen LogP) is 3.44. The number of rotatable bonds is 19. The lowest BCUT2D eigenvalue weighted by atomic mass is 9.97. The van der Waals surface area contributed by atoms with Crippen molar-refractivity contribution in [1.29, 1.82) is 0 Å². The van der Waals surface area contributed by atoms with Crippen LogP contribution < -0.4 is 11.1 Å². The molecule has 1 aliphatic heterocycles. The molecule has 302 valence electrons. The molecule has 0 spiro atoms. The molecule has 2 aliphatic rings. The normalized spacial score (nSPS) is 17.0. The monoisotopic (exact) mass is 809 g/mol. The number of nitrogens with one attached hydrogen (secondary N) is 1. The Bertz CT molecular complexity index is 1950. The largest absolute Gasteiger partial charge is 0.390 e. The molecule has 1 aliphatic carbocycles. The summed E-state index contributed by atoms with van der Waals surface area (Å²) in [4.78, 5) is 64.0. The molecular formula is C39H51N7O8S2. The number of carbonyl (C=O) groups excluding carboxylic acids is 4. The molecule has 4 N–H and O–H groups in total. The highest BCUT2D eigenvalue weighted by atomic mass is 32.2. The number of carbonyl (C=O) groups is 4. The van der Waals surface area contributed by atoms with Crippen LogP contribution in [-0.2, 0) is 42.2 Å². The fraction of sp³-hybridized carbons (Fsp3) is 0.487. The number of hydrogen-bond acceptors (Lipinski definition) is 12. The first-order valence-electron chi connectivity index (χ1n) is 18.8. The number of imide groups is 1. The van der Waals surface area contributed by atoms with Gasteiger partial charge in [0.25, 0.3) is 5.91 Å². The van der Waals surface area contributed by atoms with Gasteiger partial charge in [-0.15, -0.1) is 11.3 Å². The van der Waals surface area contributed by atoms with Crippen LogP contribution >= 0.6 is 11.3 Å². The number of amides is 4. The van der Waals surface area contributed by atoms with Crippen LogP contribution in [0, 0.1) is 18.8 Å². The number of nitrogens with two attached hydrogens (primary N) is 1. The fourth-order valence-corrected chi connectivity index (χ4v) is 9.21. The highest BCUT2D eigenvalue weighted by Crippen LogP contribution is 2.29. The molecule has 1 saturated heterocycles. The maximum atomic E-state index is 14.3. The fourth-order valence-electron chi connectivity index (χ4n) is 7.07. The lowest BCUT2D eigenvalue weighted by molar-refractivity contribution is -0.143. The number of aliphatic hydroxyl groups excluding tert-OH is 1. The Morgan fingerprint density at radius 1 is 1.12 bits per heavy atom. The summed E-state index contributed by atoms with van der Waals surface area (Å²) in [5, 5.41) is 21.1. The summed E-state index contributed by atoms with van der Waals surface area (Å²) in [5.41, 5.74) is 7.23. The Hall–Kier alpha value is -4.55. The molecule has 1 saturated carbocycles. The van der Waals surface area contributed by atoms with Gasteiger partial charge in [0.2, 0.25) is 15.9 Å². The van der Waals surface area contributed by atoms with E-state index in [9.17, 15) is 32.7 Å². The smallest absolute Gasteiger partial charge is 0.336 e. The van der Waals surface area contributed by atoms with E-state index >= 15 is 0 Å². The number of urea groups is 1. The van der Waals surface area contributed by atoms with E-state index in [1.807, 2.05) is 37.3 Å². The van der Waals surface area contributed by atoms with Gasteiger partial charge in [0.05, 0.1) is 46.9 Å². The molecule has 4 amide bonds. The molecule has 0 radical (unpaired) electrons. The molecule has 2 heterocycles. The van der Waals surface area contributed by atoms with E-state index in [0.717, 1.165) is 41.2 Å². The maximum absolute atomic E-state index is 14.3. The summed E-state index contributed by atoms with van der Waals surface area (Å²) in [6.07, 6.45) is 3.76. The third kappa shape index (κ3) is 11.1. The number of oxime groups is 1. The van der Waals surface area contributed by atoms with Crippen LogP contribution in [0.4, 0.5) is 4.79 Å². The molecule has 15 nitrogen and oxygen atoms in total. The zero-order valence-corrected chi connectivity index (χ0v) is 33.6. The average Bonchev–Trinajstić information content (AvgIpc) is 3.90. The second-order valence-electron chi connectivity index (χ2n) is 14.6. The van der Waals surface area contributed by atoms with Gasteiger partial charge in [0.1, 0.15) is 12.6 Å². The summed E-state index contributed by atoms with van der Waals surface area (Å²) in [6, 6.07) is 12.5. The quantitative estimate of drug-likeness (QED) is 0.0697. The molecule has 1 aromatic heterocycles. The van der Waals surface area contributed by atoms with Crippen molar-refractivity contribution in [3.63, 3.8) is 0 Å². The van der Waals surface area contributed by atoms with Gasteiger partial charge in [-0.2, -0.15) is 4.31 Å². The predicted molar refractivity (Wildman–Crippen MR) is 211 cm³/mol. The summed E-state index contributed by atoms with van der Waals surface area (Å²) in [6.45, 7) is 5.08. The van der Waals surface area contributed by atoms with Crippen molar-refractivity contribution in [2.75, 3.05) is 26.2 Å². The van der Waals surface area contributed by atoms with E-state index < -0.39 is 57.9 Å². The van der Waals surface area contributed by atoms with Crippen LogP contribution in [0.2, 0.25) is 0 Å². The van der Waals surface area contributed by atoms with Crippen LogP contribution in [0.3, 0.4) is 0 Å². The Labute approximate surface area is 331 Å². The lowest BCUT2D eigenvalue weighted by Gasteiger charge is -2.34. The molecule has 3 aromatic rings. The van der Waals surface area contributed by atoms with Crippen molar-refractivity contribution < 1.29 is 37.5 Å². The van der Waals surface area contributed by atoms with Gasteiger partial charge in [0.15, 0.2) is 0 Å². The van der Waals surface area contributed by atoms with Crippen LogP contribution in [0.5, 0.6) is 0 Å². The van der Waals surface area contributed by atoms with Gasteiger partial charge >= 0.3 is 12.0 Å². The van der Waals surface area contributed by atoms with E-state index in [4.69, 9.17) is 10.6 Å². The molecule has 3 atom stereocenters. The summed E-state index contributed by atoms with van der Waals surface area (Å²) < 4.78 is 29.8. The van der Waals surface area contributed by atoms with E-state index in [1.54, 1.807) is 19.2 Å². The maximum Gasteiger partial charge on any atom is 0.336 e. The van der Waals surface area contributed by atoms with Crippen LogP contribution in [0.1, 0.15) is 67.8 Å². The minimum absolute atomic E-state index is 0.00179. The van der Waals surface area contributed by atoms with E-state index in [0.29, 0.717) is 11.3 Å². The van der Waals surface area contributed by atoms with E-state index in [-0.39, 0.29) is 56.4 Å². The summed E-state index contributed by atoms with van der Waals surface area (Å²) in [7, 11) is -4.15. The third-order valence-corrected chi connectivity index (χ3v) is 12.6. The first kappa shape index (κ1) is 42.6. The topological polar surface area (TPSA) is 205 Å². The number of aromatic nitrogens is 1. The Morgan fingerprint density at radius 2 is 1.82 bits per heavy atom. The van der Waals surface area contributed by atoms with Crippen molar-refractivity contribution in [3.05, 3.63) is 81.8 Å². The van der Waals surface area contributed by atoms with Gasteiger partial charge in [-0.1, -0.05) is 74.3 Å². The molecule has 1 unspecified atom stereocenters. The SMILES string of the molecule is Cc1nc(CN2C(=O)CN(C(C(=O)N[C@@H](Cc3ccccc3)[C@H](O)CN(CC3CCCC3)S(=O)(=O)c3ccc(/C=N/OC(=O)CCN)cc3)C(C)C)C2=O)cs1. The van der Waals surface area contributed by atoms with Crippen molar-refractivity contribution in [1.82, 2.24) is 24.4 Å². The molecule has 0 bridgehead atoms. The first-order valence-corrected chi connectivity index (χ1v) is 21.2. The number of hydrogen-bond donors (Lipinski definition) is 3. The molecule has 2 fully saturated rings. The minimum atomic E-state index is -4.15. The Kier molecular flexibility index (Phi) is 14.9. The average molecular weight is 810 g/mol. The minimum Gasteiger partial charge on any atom is -0.390 e. The molecule has 5 rings (SSSR count). The van der Waals surface area contributed by atoms with Gasteiger partial charge in [-0.25, -0.2) is 23.0 Å². The highest BCUT2D eigenvalue weighted by molar-refractivity contribution is 7.89. The van der Waals surface area contributed by atoms with Crippen LogP contribution in [0.25, 0.3) is 0 Å². The van der Waals surface area contributed by atoms with Crippen LogP contribution in [0.15, 0.2) is 70.0 Å². The Balaban J connectivity index is 1.37. The van der Waals surface area contributed by atoms with Crippen molar-refractivity contribution in [3.8, 4) is 0 Å². The van der Waals surface area contributed by atoms with Crippen LogP contribution in [-0.4, -0.2) is 107 Å². The second-order valence-corrected chi connectivity index (χ2v) is 17.6. The molecular weight excluding hydrogens is 759 g/mol. The number of aliphatic hydroxyl groups is 1. The number of nitrogens with zero attached hydrogens (tertiary/aromatic N) is 5. The summed E-state index contributed by atoms with van der Waals surface area (Å²) >= 11 is 1.41. The molecule has 2 aromatic carbocycles. The zero-order valence-electron chi connectivity index (χ0n) is 32.0. The second kappa shape index (κ2) is 19.5. The van der Waals surface area contributed by atoms with E-state index in [2.05, 4.69) is 15.5 Å². The first-order chi connectivity index (χ1) is 26.8. The zero-order chi connectivity index (χ0) is 40.4. The van der Waals surface area contributed by atoms with Gasteiger partial charge < -0.3 is 25.9 Å². The summed E-state index contributed by atoms with van der Waals surface area (Å²) in [5.74, 6) is -1.92. The molecule has 17 heteroatoms. The van der Waals surface area contributed by atoms with Crippen molar-refractivity contribution in [2.24, 2.45) is 22.7 Å². The Morgan fingerprint density at radius 3 is 2.45 bits per heavy atom. The third-order valence-electron chi connectivity index (χ3n) is 9.95. The van der Waals surface area contributed by atoms with Gasteiger partial charge in [-0.05, 0) is 61.3 Å². The lowest BCUT2D eigenvalue weighted by Crippen LogP contribution is -2.57. The number of benzene rings is 2.